The van der Waals surface area contributed by atoms with Gasteiger partial charge in [-0.3, -0.25) is 4.90 Å². The molecule has 0 amide bonds. The van der Waals surface area contributed by atoms with E-state index in [-0.39, 0.29) is 4.75 Å². The van der Waals surface area contributed by atoms with E-state index in [1.54, 1.807) is 0 Å². The Hall–Kier alpha value is -1.29. The molecule has 1 saturated heterocycles. The molecule has 150 valence electrons. The van der Waals surface area contributed by atoms with Crippen LogP contribution >= 0.6 is 11.8 Å². The van der Waals surface area contributed by atoms with Crippen LogP contribution in [0.2, 0.25) is 0 Å². The molecule has 0 N–H and O–H groups in total. The van der Waals surface area contributed by atoms with Crippen molar-refractivity contribution in [3.8, 4) is 0 Å². The van der Waals surface area contributed by atoms with E-state index in [4.69, 9.17) is 4.74 Å². The highest BCUT2D eigenvalue weighted by Crippen LogP contribution is 2.36. The first-order valence-electron chi connectivity index (χ1n) is 10.8. The molecule has 1 atom stereocenters. The predicted octanol–water partition coefficient (Wildman–Crippen LogP) is 5.74. The lowest BCUT2D eigenvalue weighted by molar-refractivity contribution is 0.00779. The van der Waals surface area contributed by atoms with Gasteiger partial charge in [-0.2, -0.15) is 11.8 Å². The number of rotatable bonds is 6. The van der Waals surface area contributed by atoms with Crippen LogP contribution in [0.3, 0.4) is 0 Å². The summed E-state index contributed by atoms with van der Waals surface area (Å²) in [6.45, 7) is 6.62. The SMILES string of the molecule is C[C@@]1(COC2CCC(c3ccccc3)CC2)CN(Cc2ccccc2)CCS1. The summed E-state index contributed by atoms with van der Waals surface area (Å²) in [5, 5.41) is 0. The molecule has 4 rings (SSSR count). The second-order valence-corrected chi connectivity index (χ2v) is 10.4. The minimum atomic E-state index is 0.212. The summed E-state index contributed by atoms with van der Waals surface area (Å²) >= 11 is 2.10. The number of ether oxygens (including phenoxy) is 1. The van der Waals surface area contributed by atoms with E-state index in [9.17, 15) is 0 Å². The van der Waals surface area contributed by atoms with E-state index in [0.717, 1.165) is 25.6 Å². The highest BCUT2D eigenvalue weighted by atomic mass is 32.2. The fourth-order valence-electron chi connectivity index (χ4n) is 4.66. The first kappa shape index (κ1) is 20.0. The van der Waals surface area contributed by atoms with Gasteiger partial charge < -0.3 is 4.74 Å². The molecule has 1 aliphatic carbocycles. The molecule has 3 heteroatoms. The normalized spacial score (nSPS) is 28.9. The Bertz CT molecular complexity index is 714. The van der Waals surface area contributed by atoms with E-state index in [1.807, 2.05) is 0 Å². The first-order valence-corrected chi connectivity index (χ1v) is 11.8. The van der Waals surface area contributed by atoms with Crippen molar-refractivity contribution in [1.29, 1.82) is 0 Å². The smallest absolute Gasteiger partial charge is 0.0626 e. The Morgan fingerprint density at radius 3 is 2.36 bits per heavy atom. The topological polar surface area (TPSA) is 12.5 Å². The van der Waals surface area contributed by atoms with Crippen molar-refractivity contribution in [2.45, 2.75) is 55.9 Å². The van der Waals surface area contributed by atoms with Gasteiger partial charge >= 0.3 is 0 Å². The highest BCUT2D eigenvalue weighted by Gasteiger charge is 2.33. The third kappa shape index (κ3) is 5.40. The van der Waals surface area contributed by atoms with Crippen molar-refractivity contribution in [2.75, 3.05) is 25.4 Å². The molecule has 2 aliphatic rings. The minimum Gasteiger partial charge on any atom is -0.377 e. The molecule has 1 heterocycles. The van der Waals surface area contributed by atoms with Crippen LogP contribution in [0.5, 0.6) is 0 Å². The monoisotopic (exact) mass is 395 g/mol. The zero-order valence-electron chi connectivity index (χ0n) is 17.1. The van der Waals surface area contributed by atoms with Gasteiger partial charge in [0.2, 0.25) is 0 Å². The van der Waals surface area contributed by atoms with Crippen molar-refractivity contribution in [3.63, 3.8) is 0 Å². The van der Waals surface area contributed by atoms with Crippen molar-refractivity contribution in [3.05, 3.63) is 71.8 Å². The zero-order chi connectivity index (χ0) is 19.2. The van der Waals surface area contributed by atoms with Crippen LogP contribution in [0.25, 0.3) is 0 Å². The van der Waals surface area contributed by atoms with Gasteiger partial charge in [-0.25, -0.2) is 0 Å². The Balaban J connectivity index is 1.24. The third-order valence-corrected chi connectivity index (χ3v) is 7.57. The molecule has 0 bridgehead atoms. The fraction of sp³-hybridized carbons (Fsp3) is 0.520. The maximum atomic E-state index is 6.46. The number of thioether (sulfide) groups is 1. The van der Waals surface area contributed by atoms with Crippen LogP contribution in [-0.2, 0) is 11.3 Å². The summed E-state index contributed by atoms with van der Waals surface area (Å²) in [4.78, 5) is 2.60. The van der Waals surface area contributed by atoms with E-state index < -0.39 is 0 Å². The summed E-state index contributed by atoms with van der Waals surface area (Å²) in [5.74, 6) is 1.93. The van der Waals surface area contributed by atoms with E-state index in [1.165, 1.54) is 49.1 Å². The number of nitrogens with zero attached hydrogens (tertiary/aromatic N) is 1. The molecule has 2 fully saturated rings. The minimum absolute atomic E-state index is 0.212. The van der Waals surface area contributed by atoms with Gasteiger partial charge in [0, 0.05) is 30.1 Å². The van der Waals surface area contributed by atoms with E-state index >= 15 is 0 Å². The van der Waals surface area contributed by atoms with Crippen LogP contribution in [0.15, 0.2) is 60.7 Å². The molecule has 0 aromatic heterocycles. The Labute approximate surface area is 174 Å². The quantitative estimate of drug-likeness (QED) is 0.619. The summed E-state index contributed by atoms with van der Waals surface area (Å²) in [6, 6.07) is 21.9. The Morgan fingerprint density at radius 1 is 0.964 bits per heavy atom. The van der Waals surface area contributed by atoms with Crippen LogP contribution in [-0.4, -0.2) is 41.2 Å². The predicted molar refractivity (Wildman–Crippen MR) is 120 cm³/mol. The molecular weight excluding hydrogens is 362 g/mol. The lowest BCUT2D eigenvalue weighted by atomic mass is 9.83. The van der Waals surface area contributed by atoms with Gasteiger partial charge in [0.1, 0.15) is 0 Å². The van der Waals surface area contributed by atoms with Crippen molar-refractivity contribution in [2.24, 2.45) is 0 Å². The highest BCUT2D eigenvalue weighted by molar-refractivity contribution is 8.00. The Morgan fingerprint density at radius 2 is 1.64 bits per heavy atom. The van der Waals surface area contributed by atoms with Crippen molar-refractivity contribution in [1.82, 2.24) is 4.90 Å². The lowest BCUT2D eigenvalue weighted by Gasteiger charge is -2.41. The van der Waals surface area contributed by atoms with Gasteiger partial charge in [0.15, 0.2) is 0 Å². The van der Waals surface area contributed by atoms with Crippen LogP contribution in [0.4, 0.5) is 0 Å². The van der Waals surface area contributed by atoms with Crippen molar-refractivity contribution >= 4 is 11.8 Å². The number of hydrogen-bond acceptors (Lipinski definition) is 3. The summed E-state index contributed by atoms with van der Waals surface area (Å²) in [7, 11) is 0. The van der Waals surface area contributed by atoms with E-state index in [2.05, 4.69) is 84.2 Å². The molecule has 0 unspecified atom stereocenters. The van der Waals surface area contributed by atoms with Crippen molar-refractivity contribution < 1.29 is 4.74 Å². The summed E-state index contributed by atoms with van der Waals surface area (Å²) in [6.07, 6.45) is 5.38. The summed E-state index contributed by atoms with van der Waals surface area (Å²) in [5.41, 5.74) is 2.92. The fourth-order valence-corrected chi connectivity index (χ4v) is 5.93. The summed E-state index contributed by atoms with van der Waals surface area (Å²) < 4.78 is 6.67. The maximum absolute atomic E-state index is 6.46. The van der Waals surface area contributed by atoms with Gasteiger partial charge in [-0.15, -0.1) is 0 Å². The molecule has 2 nitrogen and oxygen atoms in total. The molecule has 0 radical (unpaired) electrons. The maximum Gasteiger partial charge on any atom is 0.0626 e. The first-order chi connectivity index (χ1) is 13.7. The average Bonchev–Trinajstić information content (AvgIpc) is 2.74. The second-order valence-electron chi connectivity index (χ2n) is 8.69. The third-order valence-electron chi connectivity index (χ3n) is 6.23. The molecule has 2 aromatic rings. The molecular formula is C25H33NOS. The Kier molecular flexibility index (Phi) is 6.77. The molecule has 2 aromatic carbocycles. The van der Waals surface area contributed by atoms with Crippen LogP contribution < -0.4 is 0 Å². The molecule has 0 spiro atoms. The van der Waals surface area contributed by atoms with Crippen LogP contribution in [0, 0.1) is 0 Å². The average molecular weight is 396 g/mol. The largest absolute Gasteiger partial charge is 0.377 e. The van der Waals surface area contributed by atoms with Gasteiger partial charge in [0.05, 0.1) is 12.7 Å². The second kappa shape index (κ2) is 9.47. The zero-order valence-corrected chi connectivity index (χ0v) is 17.9. The number of hydrogen-bond donors (Lipinski definition) is 0. The molecule has 28 heavy (non-hydrogen) atoms. The van der Waals surface area contributed by atoms with Gasteiger partial charge in [-0.05, 0) is 49.7 Å². The lowest BCUT2D eigenvalue weighted by Crippen LogP contribution is -2.47. The van der Waals surface area contributed by atoms with Crippen LogP contribution in [0.1, 0.15) is 49.7 Å². The number of benzene rings is 2. The van der Waals surface area contributed by atoms with E-state index in [0.29, 0.717) is 6.10 Å². The molecule has 1 aliphatic heterocycles. The van der Waals surface area contributed by atoms with Gasteiger partial charge in [-0.1, -0.05) is 60.7 Å². The molecule has 1 saturated carbocycles. The standard InChI is InChI=1S/C25H33NOS/c1-25(19-26(16-17-28-25)18-21-8-4-2-5-9-21)20-27-24-14-12-23(13-15-24)22-10-6-3-7-11-22/h2-11,23-24H,12-20H2,1H3/t23?,24?,25-/m0/s1. The van der Waals surface area contributed by atoms with Gasteiger partial charge in [0.25, 0.3) is 0 Å².